The third-order valence-corrected chi connectivity index (χ3v) is 6.94. The Balaban J connectivity index is 1.47. The molecule has 35 heavy (non-hydrogen) atoms. The largest absolute Gasteiger partial charge is 0.439 e. The summed E-state index contributed by atoms with van der Waals surface area (Å²) in [5.41, 5.74) is 8.87. The lowest BCUT2D eigenvalue weighted by atomic mass is 9.87. The Morgan fingerprint density at radius 3 is 2.43 bits per heavy atom. The zero-order chi connectivity index (χ0) is 25.0. The first-order chi connectivity index (χ1) is 16.6. The molecule has 1 aliphatic carbocycles. The number of aromatic amines is 1. The molecule has 6 heteroatoms. The van der Waals surface area contributed by atoms with Crippen LogP contribution in [0.15, 0.2) is 60.7 Å². The van der Waals surface area contributed by atoms with Gasteiger partial charge in [0, 0.05) is 21.9 Å². The van der Waals surface area contributed by atoms with E-state index in [0.717, 1.165) is 35.0 Å². The van der Waals surface area contributed by atoms with Gasteiger partial charge in [0.2, 0.25) is 0 Å². The minimum Gasteiger partial charge on any atom is -0.439 e. The van der Waals surface area contributed by atoms with Crippen LogP contribution in [0.3, 0.4) is 0 Å². The lowest BCUT2D eigenvalue weighted by Gasteiger charge is -2.28. The van der Waals surface area contributed by atoms with Crippen molar-refractivity contribution in [3.8, 4) is 0 Å². The van der Waals surface area contributed by atoms with Crippen LogP contribution < -0.4 is 11.1 Å². The molecule has 0 spiro atoms. The van der Waals surface area contributed by atoms with Gasteiger partial charge in [0.15, 0.2) is 0 Å². The fraction of sp³-hybridized carbons (Fsp3) is 0.310. The van der Waals surface area contributed by atoms with E-state index in [1.165, 1.54) is 16.3 Å². The van der Waals surface area contributed by atoms with Gasteiger partial charge >= 0.3 is 6.09 Å². The predicted molar refractivity (Wildman–Crippen MR) is 138 cm³/mol. The molecule has 1 atom stereocenters. The zero-order valence-corrected chi connectivity index (χ0v) is 20.6. The fourth-order valence-corrected chi connectivity index (χ4v) is 5.04. The fourth-order valence-electron chi connectivity index (χ4n) is 5.04. The van der Waals surface area contributed by atoms with E-state index >= 15 is 0 Å². The van der Waals surface area contributed by atoms with Crippen LogP contribution in [0.1, 0.15) is 66.9 Å². The van der Waals surface area contributed by atoms with Crippen molar-refractivity contribution in [2.24, 2.45) is 11.1 Å². The summed E-state index contributed by atoms with van der Waals surface area (Å²) in [5.74, 6) is -0.0910. The van der Waals surface area contributed by atoms with Gasteiger partial charge in [-0.05, 0) is 59.9 Å². The molecule has 6 nitrogen and oxygen atoms in total. The monoisotopic (exact) mass is 469 g/mol. The van der Waals surface area contributed by atoms with E-state index in [2.05, 4.69) is 40.6 Å². The third kappa shape index (κ3) is 4.25. The smallest absolute Gasteiger partial charge is 0.405 e. The molecule has 0 aliphatic heterocycles. The highest BCUT2D eigenvalue weighted by Gasteiger charge is 2.46. The molecule has 1 unspecified atom stereocenters. The highest BCUT2D eigenvalue weighted by Crippen LogP contribution is 2.48. The van der Waals surface area contributed by atoms with Gasteiger partial charge < -0.3 is 20.8 Å². The van der Waals surface area contributed by atoms with E-state index in [0.29, 0.717) is 5.56 Å². The molecule has 1 aliphatic rings. The van der Waals surface area contributed by atoms with Crippen LogP contribution in [0.25, 0.3) is 21.7 Å². The standard InChI is InChI=1S/C29H31N3O3/c1-17-14-19-15-24(25(28(2,3)4)35-27(30)34)31-23(19)16-21(17)26(33)32-29(12-13-29)22-11-7-9-18-8-5-6-10-20(18)22/h5-11,14-16,25,31H,12-13H2,1-4H3,(H2,30,34)(H,32,33). The van der Waals surface area contributed by atoms with Gasteiger partial charge in [0.05, 0.1) is 11.2 Å². The van der Waals surface area contributed by atoms with Gasteiger partial charge in [-0.15, -0.1) is 0 Å². The number of H-pyrrole nitrogens is 1. The van der Waals surface area contributed by atoms with Crippen molar-refractivity contribution >= 4 is 33.7 Å². The molecule has 0 radical (unpaired) electrons. The van der Waals surface area contributed by atoms with E-state index in [1.807, 2.05) is 58.0 Å². The lowest BCUT2D eigenvalue weighted by Crippen LogP contribution is -2.35. The summed E-state index contributed by atoms with van der Waals surface area (Å²) in [5, 5.41) is 6.64. The Hall–Kier alpha value is -3.80. The van der Waals surface area contributed by atoms with Gasteiger partial charge in [0.1, 0.15) is 6.10 Å². The Kier molecular flexibility index (Phi) is 5.35. The number of carbonyl (C=O) groups excluding carboxylic acids is 2. The molecule has 1 heterocycles. The first kappa shape index (κ1) is 23.0. The van der Waals surface area contributed by atoms with Crippen LogP contribution in [-0.4, -0.2) is 17.0 Å². The number of aromatic nitrogens is 1. The number of benzene rings is 3. The molecule has 180 valence electrons. The number of rotatable bonds is 5. The maximum Gasteiger partial charge on any atom is 0.405 e. The van der Waals surface area contributed by atoms with E-state index in [9.17, 15) is 9.59 Å². The zero-order valence-electron chi connectivity index (χ0n) is 20.6. The number of amides is 2. The highest BCUT2D eigenvalue weighted by molar-refractivity contribution is 6.01. The number of nitrogens with one attached hydrogen (secondary N) is 2. The number of aryl methyl sites for hydroxylation is 1. The summed E-state index contributed by atoms with van der Waals surface area (Å²) in [6.07, 6.45) is 0.477. The topological polar surface area (TPSA) is 97.2 Å². The number of hydrogen-bond donors (Lipinski definition) is 3. The lowest BCUT2D eigenvalue weighted by molar-refractivity contribution is 0.0336. The van der Waals surface area contributed by atoms with Crippen molar-refractivity contribution in [3.05, 3.63) is 83.0 Å². The van der Waals surface area contributed by atoms with Crippen LogP contribution in [0.2, 0.25) is 0 Å². The van der Waals surface area contributed by atoms with Crippen LogP contribution in [0.4, 0.5) is 4.79 Å². The third-order valence-electron chi connectivity index (χ3n) is 6.94. The molecule has 4 N–H and O–H groups in total. The predicted octanol–water partition coefficient (Wildman–Crippen LogP) is 6.23. The second-order valence-electron chi connectivity index (χ2n) is 10.7. The summed E-state index contributed by atoms with van der Waals surface area (Å²) in [4.78, 5) is 28.4. The first-order valence-corrected chi connectivity index (χ1v) is 12.0. The number of hydrogen-bond acceptors (Lipinski definition) is 3. The normalized spacial score (nSPS) is 15.7. The van der Waals surface area contributed by atoms with Crippen molar-refractivity contribution < 1.29 is 14.3 Å². The van der Waals surface area contributed by atoms with Gasteiger partial charge in [-0.1, -0.05) is 63.2 Å². The van der Waals surface area contributed by atoms with E-state index in [1.54, 1.807) is 0 Å². The molecular weight excluding hydrogens is 438 g/mol. The highest BCUT2D eigenvalue weighted by atomic mass is 16.6. The quantitative estimate of drug-likeness (QED) is 0.323. The molecule has 1 fully saturated rings. The maximum atomic E-state index is 13.5. The van der Waals surface area contributed by atoms with Crippen LogP contribution in [0.5, 0.6) is 0 Å². The minimum atomic E-state index is -0.817. The molecule has 1 saturated carbocycles. The summed E-state index contributed by atoms with van der Waals surface area (Å²) < 4.78 is 5.42. The number of fused-ring (bicyclic) bond motifs is 2. The number of primary amides is 1. The van der Waals surface area contributed by atoms with Gasteiger partial charge in [-0.2, -0.15) is 0 Å². The first-order valence-electron chi connectivity index (χ1n) is 12.0. The number of nitrogens with two attached hydrogens (primary N) is 1. The molecule has 1 aromatic heterocycles. The second kappa shape index (κ2) is 8.15. The number of ether oxygens (including phenoxy) is 1. The molecular formula is C29H31N3O3. The Morgan fingerprint density at radius 2 is 1.74 bits per heavy atom. The van der Waals surface area contributed by atoms with Crippen LogP contribution in [-0.2, 0) is 10.3 Å². The molecule has 5 rings (SSSR count). The number of carbonyl (C=O) groups is 2. The Labute approximate surface area is 204 Å². The Morgan fingerprint density at radius 1 is 1.03 bits per heavy atom. The van der Waals surface area contributed by atoms with Crippen molar-refractivity contribution in [1.29, 1.82) is 0 Å². The second-order valence-corrected chi connectivity index (χ2v) is 10.7. The summed E-state index contributed by atoms with van der Waals surface area (Å²) >= 11 is 0. The van der Waals surface area contributed by atoms with Crippen molar-refractivity contribution in [1.82, 2.24) is 10.3 Å². The average Bonchev–Trinajstić information content (AvgIpc) is 3.46. The van der Waals surface area contributed by atoms with Gasteiger partial charge in [-0.3, -0.25) is 4.79 Å². The van der Waals surface area contributed by atoms with E-state index in [-0.39, 0.29) is 16.9 Å². The molecule has 4 aromatic rings. The summed E-state index contributed by atoms with van der Waals surface area (Å²) in [7, 11) is 0. The van der Waals surface area contributed by atoms with E-state index < -0.39 is 12.2 Å². The van der Waals surface area contributed by atoms with Gasteiger partial charge in [-0.25, -0.2) is 4.79 Å². The molecule has 0 saturated heterocycles. The molecule has 2 amide bonds. The van der Waals surface area contributed by atoms with E-state index in [4.69, 9.17) is 10.5 Å². The maximum absolute atomic E-state index is 13.5. The van der Waals surface area contributed by atoms with Crippen LogP contribution in [0, 0.1) is 12.3 Å². The minimum absolute atomic E-state index is 0.0910. The van der Waals surface area contributed by atoms with Crippen molar-refractivity contribution in [2.45, 2.75) is 52.2 Å². The van der Waals surface area contributed by atoms with Gasteiger partial charge in [0.25, 0.3) is 5.91 Å². The summed E-state index contributed by atoms with van der Waals surface area (Å²) in [6.45, 7) is 7.90. The van der Waals surface area contributed by atoms with Crippen LogP contribution >= 0.6 is 0 Å². The summed E-state index contributed by atoms with van der Waals surface area (Å²) in [6, 6.07) is 20.4. The SMILES string of the molecule is Cc1cc2cc(C(OC(N)=O)C(C)(C)C)[nH]c2cc1C(=O)NC1(c2cccc3ccccc23)CC1. The average molecular weight is 470 g/mol. The van der Waals surface area contributed by atoms with Crippen molar-refractivity contribution in [3.63, 3.8) is 0 Å². The molecule has 3 aromatic carbocycles. The Bertz CT molecular complexity index is 1450. The van der Waals surface area contributed by atoms with Crippen molar-refractivity contribution in [2.75, 3.05) is 0 Å². The molecule has 0 bridgehead atoms.